The van der Waals surface area contributed by atoms with E-state index in [1.807, 2.05) is 65.6 Å². The summed E-state index contributed by atoms with van der Waals surface area (Å²) >= 11 is 24.9. The Hall–Kier alpha value is -1.91. The quantitative estimate of drug-likeness (QED) is 0.358. The van der Waals surface area contributed by atoms with E-state index in [2.05, 4.69) is 4.90 Å². The molecule has 33 heavy (non-hydrogen) atoms. The van der Waals surface area contributed by atoms with Crippen LogP contribution in [0.1, 0.15) is 30.0 Å². The maximum Gasteiger partial charge on any atom is 0.233 e. The summed E-state index contributed by atoms with van der Waals surface area (Å²) in [5.74, 6) is 0.186. The van der Waals surface area contributed by atoms with E-state index in [9.17, 15) is 4.79 Å². The number of rotatable bonds is 4. The Morgan fingerprint density at radius 3 is 2.00 bits per heavy atom. The summed E-state index contributed by atoms with van der Waals surface area (Å²) in [6.07, 6.45) is 1.73. The van der Waals surface area contributed by atoms with Gasteiger partial charge < -0.3 is 9.80 Å². The van der Waals surface area contributed by atoms with Crippen LogP contribution in [0.25, 0.3) is 0 Å². The van der Waals surface area contributed by atoms with Crippen LogP contribution < -0.4 is 4.90 Å². The van der Waals surface area contributed by atoms with E-state index in [1.54, 1.807) is 6.07 Å². The van der Waals surface area contributed by atoms with Crippen molar-refractivity contribution >= 4 is 58.0 Å². The van der Waals surface area contributed by atoms with Crippen molar-refractivity contribution in [3.63, 3.8) is 0 Å². The molecule has 1 saturated heterocycles. The van der Waals surface area contributed by atoms with Crippen LogP contribution in [0.5, 0.6) is 0 Å². The number of halogens is 4. The molecule has 1 unspecified atom stereocenters. The normalized spacial score (nSPS) is 19.5. The topological polar surface area (TPSA) is 23.6 Å². The summed E-state index contributed by atoms with van der Waals surface area (Å²) in [4.78, 5) is 18.0. The number of carbonyl (C=O) groups is 1. The number of anilines is 1. The van der Waals surface area contributed by atoms with Crippen LogP contribution in [0.3, 0.4) is 0 Å². The van der Waals surface area contributed by atoms with Crippen molar-refractivity contribution in [1.29, 1.82) is 0 Å². The fourth-order valence-electron chi connectivity index (χ4n) is 4.76. The van der Waals surface area contributed by atoms with E-state index in [0.717, 1.165) is 29.7 Å². The highest BCUT2D eigenvalue weighted by molar-refractivity contribution is 6.36. The van der Waals surface area contributed by atoms with Gasteiger partial charge >= 0.3 is 0 Å². The van der Waals surface area contributed by atoms with Crippen molar-refractivity contribution < 1.29 is 4.79 Å². The number of amides is 1. The average molecular weight is 520 g/mol. The Labute approximate surface area is 213 Å². The van der Waals surface area contributed by atoms with E-state index in [-0.39, 0.29) is 11.9 Å². The SMILES string of the molecule is O=C(N1CCN(c2ccc(Cl)cc2Cl)C(c2ccc(Cl)cc2)C1)C1(c2ccc(Cl)cc2)CC1. The lowest BCUT2D eigenvalue weighted by atomic mass is 9.93. The van der Waals surface area contributed by atoms with Crippen LogP contribution in [0, 0.1) is 0 Å². The zero-order chi connectivity index (χ0) is 23.2. The molecule has 2 aliphatic rings. The third-order valence-electron chi connectivity index (χ3n) is 6.70. The number of nitrogens with zero attached hydrogens (tertiary/aromatic N) is 2. The first-order chi connectivity index (χ1) is 15.9. The summed E-state index contributed by atoms with van der Waals surface area (Å²) in [6.45, 7) is 1.85. The van der Waals surface area contributed by atoms with Gasteiger partial charge in [-0.05, 0) is 66.4 Å². The first-order valence-electron chi connectivity index (χ1n) is 10.9. The summed E-state index contributed by atoms with van der Waals surface area (Å²) in [5, 5.41) is 2.55. The highest BCUT2D eigenvalue weighted by Crippen LogP contribution is 2.50. The summed E-state index contributed by atoms with van der Waals surface area (Å²) in [7, 11) is 0. The minimum absolute atomic E-state index is 0.0559. The van der Waals surface area contributed by atoms with Crippen LogP contribution in [-0.4, -0.2) is 30.4 Å². The molecule has 1 aliphatic heterocycles. The minimum Gasteiger partial charge on any atom is -0.360 e. The van der Waals surface area contributed by atoms with Crippen molar-refractivity contribution in [2.24, 2.45) is 0 Å². The Kier molecular flexibility index (Phi) is 6.26. The third-order valence-corrected chi connectivity index (χ3v) is 7.74. The standard InChI is InChI=1S/C26H22Cl4N2O/c27-19-5-1-17(2-6-19)24-16-31(13-14-32(24)23-10-9-21(29)15-22(23)30)25(33)26(11-12-26)18-3-7-20(28)8-4-18/h1-10,15,24H,11-14,16H2. The molecule has 1 heterocycles. The van der Waals surface area contributed by atoms with Gasteiger partial charge in [0.15, 0.2) is 0 Å². The van der Waals surface area contributed by atoms with Crippen LogP contribution >= 0.6 is 46.4 Å². The number of carbonyl (C=O) groups excluding carboxylic acids is 1. The second-order valence-electron chi connectivity index (χ2n) is 8.70. The fraction of sp³-hybridized carbons (Fsp3) is 0.269. The molecule has 0 radical (unpaired) electrons. The molecular weight excluding hydrogens is 498 g/mol. The van der Waals surface area contributed by atoms with Gasteiger partial charge in [-0.15, -0.1) is 0 Å². The van der Waals surface area contributed by atoms with Crippen molar-refractivity contribution in [2.45, 2.75) is 24.3 Å². The highest BCUT2D eigenvalue weighted by Gasteiger charge is 2.53. The van der Waals surface area contributed by atoms with E-state index >= 15 is 0 Å². The smallest absolute Gasteiger partial charge is 0.233 e. The molecule has 0 spiro atoms. The van der Waals surface area contributed by atoms with Crippen molar-refractivity contribution in [1.82, 2.24) is 4.90 Å². The van der Waals surface area contributed by atoms with Crippen molar-refractivity contribution in [3.05, 3.63) is 97.9 Å². The Bertz CT molecular complexity index is 1180. The summed E-state index contributed by atoms with van der Waals surface area (Å²) < 4.78 is 0. The maximum atomic E-state index is 13.8. The second kappa shape index (κ2) is 9.03. The predicted molar refractivity (Wildman–Crippen MR) is 137 cm³/mol. The summed E-state index contributed by atoms with van der Waals surface area (Å²) in [6, 6.07) is 21.0. The molecule has 0 N–H and O–H groups in total. The molecule has 7 heteroatoms. The fourth-order valence-corrected chi connectivity index (χ4v) is 5.53. The van der Waals surface area contributed by atoms with E-state index in [0.29, 0.717) is 39.7 Å². The lowest BCUT2D eigenvalue weighted by molar-refractivity contribution is -0.134. The molecule has 3 aromatic carbocycles. The molecule has 170 valence electrons. The lowest BCUT2D eigenvalue weighted by Gasteiger charge is -2.44. The van der Waals surface area contributed by atoms with E-state index in [1.165, 1.54) is 0 Å². The number of piperazine rings is 1. The Morgan fingerprint density at radius 1 is 0.788 bits per heavy atom. The third kappa shape index (κ3) is 4.44. The molecule has 5 rings (SSSR count). The Balaban J connectivity index is 1.46. The van der Waals surface area contributed by atoms with Crippen LogP contribution in [0.2, 0.25) is 20.1 Å². The first kappa shape index (κ1) is 22.9. The molecule has 0 bridgehead atoms. The van der Waals surface area contributed by atoms with Crippen molar-refractivity contribution in [3.8, 4) is 0 Å². The molecule has 3 nitrogen and oxygen atoms in total. The van der Waals surface area contributed by atoms with E-state index < -0.39 is 5.41 Å². The van der Waals surface area contributed by atoms with Crippen LogP contribution in [0.4, 0.5) is 5.69 Å². The van der Waals surface area contributed by atoms with Gasteiger partial charge in [0, 0.05) is 34.7 Å². The average Bonchev–Trinajstić information content (AvgIpc) is 3.61. The molecule has 2 fully saturated rings. The zero-order valence-corrected chi connectivity index (χ0v) is 20.8. The van der Waals surface area contributed by atoms with Gasteiger partial charge in [-0.2, -0.15) is 0 Å². The maximum absolute atomic E-state index is 13.8. The molecule has 1 aliphatic carbocycles. The highest BCUT2D eigenvalue weighted by atomic mass is 35.5. The van der Waals surface area contributed by atoms with Crippen LogP contribution in [-0.2, 0) is 10.2 Å². The minimum atomic E-state index is -0.435. The molecule has 3 aromatic rings. The largest absolute Gasteiger partial charge is 0.360 e. The zero-order valence-electron chi connectivity index (χ0n) is 17.8. The molecule has 0 aromatic heterocycles. The molecule has 1 saturated carbocycles. The Morgan fingerprint density at radius 2 is 1.39 bits per heavy atom. The van der Waals surface area contributed by atoms with Gasteiger partial charge in [0.1, 0.15) is 0 Å². The molecule has 1 atom stereocenters. The molecule has 1 amide bonds. The van der Waals surface area contributed by atoms with Gasteiger partial charge in [-0.25, -0.2) is 0 Å². The van der Waals surface area contributed by atoms with Gasteiger partial charge in [0.2, 0.25) is 5.91 Å². The van der Waals surface area contributed by atoms with Crippen LogP contribution in [0.15, 0.2) is 66.7 Å². The second-order valence-corrected chi connectivity index (χ2v) is 10.4. The van der Waals surface area contributed by atoms with E-state index in [4.69, 9.17) is 46.4 Å². The van der Waals surface area contributed by atoms with Gasteiger partial charge in [-0.3, -0.25) is 4.79 Å². The van der Waals surface area contributed by atoms with Gasteiger partial charge in [0.05, 0.1) is 22.2 Å². The summed E-state index contributed by atoms with van der Waals surface area (Å²) in [5.41, 5.74) is 2.60. The monoisotopic (exact) mass is 518 g/mol. The lowest BCUT2D eigenvalue weighted by Crippen LogP contribution is -2.53. The number of hydrogen-bond acceptors (Lipinski definition) is 2. The van der Waals surface area contributed by atoms with Gasteiger partial charge in [-0.1, -0.05) is 70.7 Å². The molecular formula is C26H22Cl4N2O. The first-order valence-corrected chi connectivity index (χ1v) is 12.4. The number of hydrogen-bond donors (Lipinski definition) is 0. The van der Waals surface area contributed by atoms with Crippen molar-refractivity contribution in [2.75, 3.05) is 24.5 Å². The number of benzene rings is 3. The predicted octanol–water partition coefficient (Wildman–Crippen LogP) is 7.42. The van der Waals surface area contributed by atoms with Gasteiger partial charge in [0.25, 0.3) is 0 Å².